The van der Waals surface area contributed by atoms with Crippen LogP contribution in [0.4, 0.5) is 11.6 Å². The third-order valence-electron chi connectivity index (χ3n) is 5.04. The smallest absolute Gasteiger partial charge is 0.254 e. The molecule has 8 heteroatoms. The third kappa shape index (κ3) is 3.84. The average molecular weight is 398 g/mol. The van der Waals surface area contributed by atoms with Crippen molar-refractivity contribution in [3.05, 3.63) is 59.0 Å². The molecule has 2 aromatic rings. The number of amides is 1. The van der Waals surface area contributed by atoms with Crippen molar-refractivity contribution in [2.75, 3.05) is 29.9 Å². The van der Waals surface area contributed by atoms with Crippen LogP contribution in [0.5, 0.6) is 0 Å². The van der Waals surface area contributed by atoms with Crippen LogP contribution in [0.3, 0.4) is 0 Å². The van der Waals surface area contributed by atoms with Crippen LogP contribution in [0.25, 0.3) is 0 Å². The summed E-state index contributed by atoms with van der Waals surface area (Å²) in [6, 6.07) is 5.91. The van der Waals surface area contributed by atoms with Crippen LogP contribution in [-0.2, 0) is 11.2 Å². The molecule has 144 valence electrons. The first-order valence-corrected chi connectivity index (χ1v) is 9.57. The molecular weight excluding hydrogens is 378 g/mol. The van der Waals surface area contributed by atoms with Gasteiger partial charge in [0.15, 0.2) is 0 Å². The summed E-state index contributed by atoms with van der Waals surface area (Å²) in [5.41, 5.74) is 2.84. The number of likely N-dealkylation sites (tertiary alicyclic amines) is 1. The molecule has 0 aliphatic carbocycles. The largest absolute Gasteiger partial charge is 0.350 e. The van der Waals surface area contributed by atoms with Gasteiger partial charge in [-0.05, 0) is 36.6 Å². The van der Waals surface area contributed by atoms with Crippen LogP contribution < -0.4 is 10.2 Å². The van der Waals surface area contributed by atoms with Gasteiger partial charge in [0, 0.05) is 43.1 Å². The number of aldehydes is 1. The van der Waals surface area contributed by atoms with Gasteiger partial charge in [0.25, 0.3) is 5.91 Å². The SMILES string of the molecule is O=CC=CN1CCc2ccc(C(=O)N3CC[C@H](Nc4ncc(Cl)cn4)C3)cc21. The maximum atomic E-state index is 13.0. The Balaban J connectivity index is 1.43. The fraction of sp³-hybridized carbons (Fsp3) is 0.300. The molecule has 1 aromatic heterocycles. The molecule has 0 spiro atoms. The third-order valence-corrected chi connectivity index (χ3v) is 5.23. The first kappa shape index (κ1) is 18.4. The lowest BCUT2D eigenvalue weighted by Crippen LogP contribution is -2.32. The van der Waals surface area contributed by atoms with Crippen molar-refractivity contribution in [2.45, 2.75) is 18.9 Å². The van der Waals surface area contributed by atoms with Gasteiger partial charge < -0.3 is 15.1 Å². The van der Waals surface area contributed by atoms with E-state index < -0.39 is 0 Å². The van der Waals surface area contributed by atoms with Gasteiger partial charge in [-0.15, -0.1) is 0 Å². The summed E-state index contributed by atoms with van der Waals surface area (Å²) in [7, 11) is 0. The Kier molecular flexibility index (Phi) is 5.25. The van der Waals surface area contributed by atoms with Crippen molar-refractivity contribution >= 4 is 35.4 Å². The molecule has 4 rings (SSSR count). The minimum absolute atomic E-state index is 0.00958. The Hall–Kier alpha value is -2.93. The molecule has 1 amide bonds. The highest BCUT2D eigenvalue weighted by Gasteiger charge is 2.28. The Labute approximate surface area is 168 Å². The van der Waals surface area contributed by atoms with Gasteiger partial charge in [-0.1, -0.05) is 17.7 Å². The molecule has 0 unspecified atom stereocenters. The van der Waals surface area contributed by atoms with Crippen molar-refractivity contribution in [3.8, 4) is 0 Å². The first-order chi connectivity index (χ1) is 13.6. The minimum atomic E-state index is 0.00958. The number of anilines is 2. The second-order valence-electron chi connectivity index (χ2n) is 6.87. The van der Waals surface area contributed by atoms with Crippen molar-refractivity contribution in [3.63, 3.8) is 0 Å². The van der Waals surface area contributed by atoms with E-state index in [0.717, 1.165) is 31.4 Å². The zero-order valence-electron chi connectivity index (χ0n) is 15.2. The summed E-state index contributed by atoms with van der Waals surface area (Å²) in [6.07, 6.45) is 8.82. The van der Waals surface area contributed by atoms with E-state index in [1.807, 2.05) is 28.0 Å². The second-order valence-corrected chi connectivity index (χ2v) is 7.31. The van der Waals surface area contributed by atoms with Crippen molar-refractivity contribution < 1.29 is 9.59 Å². The summed E-state index contributed by atoms with van der Waals surface area (Å²) in [5, 5.41) is 3.74. The van der Waals surface area contributed by atoms with Crippen LogP contribution in [0.2, 0.25) is 5.02 Å². The number of rotatable bonds is 5. The fourth-order valence-corrected chi connectivity index (χ4v) is 3.74. The van der Waals surface area contributed by atoms with Crippen molar-refractivity contribution in [2.24, 2.45) is 0 Å². The van der Waals surface area contributed by atoms with Gasteiger partial charge in [0.05, 0.1) is 17.4 Å². The molecule has 1 aromatic carbocycles. The van der Waals surface area contributed by atoms with E-state index in [4.69, 9.17) is 11.6 Å². The Morgan fingerprint density at radius 2 is 2.07 bits per heavy atom. The molecule has 7 nitrogen and oxygen atoms in total. The predicted octanol–water partition coefficient (Wildman–Crippen LogP) is 2.53. The van der Waals surface area contributed by atoms with Crippen LogP contribution in [0, 0.1) is 0 Å². The monoisotopic (exact) mass is 397 g/mol. The summed E-state index contributed by atoms with van der Waals surface area (Å²) in [6.45, 7) is 2.08. The molecule has 1 N–H and O–H groups in total. The standard InChI is InChI=1S/C20H20ClN5O2/c21-16-11-22-20(23-12-16)24-17-5-8-26(13-17)19(28)15-3-2-14-4-7-25(6-1-9-27)18(14)10-15/h1-3,6,9-12,17H,4-5,7-8,13H2,(H,22,23,24)/t17-/m0/s1. The quantitative estimate of drug-likeness (QED) is 0.617. The van der Waals surface area contributed by atoms with E-state index in [1.54, 1.807) is 18.6 Å². The summed E-state index contributed by atoms with van der Waals surface area (Å²) in [5.74, 6) is 0.522. The number of aromatic nitrogens is 2. The molecule has 28 heavy (non-hydrogen) atoms. The number of benzene rings is 1. The molecule has 2 aliphatic rings. The molecule has 0 bridgehead atoms. The van der Waals surface area contributed by atoms with E-state index in [1.165, 1.54) is 11.6 Å². The number of fused-ring (bicyclic) bond motifs is 1. The van der Waals surface area contributed by atoms with Gasteiger partial charge in [-0.3, -0.25) is 9.59 Å². The Morgan fingerprint density at radius 1 is 1.25 bits per heavy atom. The van der Waals surface area contributed by atoms with Gasteiger partial charge >= 0.3 is 0 Å². The number of nitrogens with one attached hydrogen (secondary N) is 1. The molecule has 3 heterocycles. The minimum Gasteiger partial charge on any atom is -0.350 e. The lowest BCUT2D eigenvalue weighted by atomic mass is 10.1. The zero-order chi connectivity index (χ0) is 19.5. The van der Waals surface area contributed by atoms with Crippen LogP contribution in [0.15, 0.2) is 42.9 Å². The first-order valence-electron chi connectivity index (χ1n) is 9.19. The number of hydrogen-bond acceptors (Lipinski definition) is 6. The van der Waals surface area contributed by atoms with Gasteiger partial charge in [0.2, 0.25) is 5.95 Å². The van der Waals surface area contributed by atoms with Gasteiger partial charge in [-0.2, -0.15) is 0 Å². The van der Waals surface area contributed by atoms with E-state index in [9.17, 15) is 9.59 Å². The van der Waals surface area contributed by atoms with E-state index in [-0.39, 0.29) is 11.9 Å². The van der Waals surface area contributed by atoms with Gasteiger partial charge in [-0.25, -0.2) is 9.97 Å². The topological polar surface area (TPSA) is 78.4 Å². The van der Waals surface area contributed by atoms with Crippen LogP contribution in [0.1, 0.15) is 22.3 Å². The molecule has 1 fully saturated rings. The second kappa shape index (κ2) is 7.98. The highest BCUT2D eigenvalue weighted by Crippen LogP contribution is 2.30. The highest BCUT2D eigenvalue weighted by atomic mass is 35.5. The van der Waals surface area contributed by atoms with E-state index in [2.05, 4.69) is 15.3 Å². The van der Waals surface area contributed by atoms with Crippen LogP contribution in [-0.4, -0.2) is 52.7 Å². The van der Waals surface area contributed by atoms with E-state index >= 15 is 0 Å². The fourth-order valence-electron chi connectivity index (χ4n) is 3.65. The highest BCUT2D eigenvalue weighted by molar-refractivity contribution is 6.30. The number of carbonyl (C=O) groups excluding carboxylic acids is 2. The van der Waals surface area contributed by atoms with E-state index in [0.29, 0.717) is 29.6 Å². The normalized spacial score (nSPS) is 18.5. The molecule has 1 saturated heterocycles. The maximum absolute atomic E-state index is 13.0. The Bertz CT molecular complexity index is 915. The number of halogens is 1. The lowest BCUT2D eigenvalue weighted by molar-refractivity contribution is -0.104. The number of hydrogen-bond donors (Lipinski definition) is 1. The van der Waals surface area contributed by atoms with Crippen LogP contribution >= 0.6 is 11.6 Å². The predicted molar refractivity (Wildman–Crippen MR) is 108 cm³/mol. The Morgan fingerprint density at radius 3 is 2.86 bits per heavy atom. The zero-order valence-corrected chi connectivity index (χ0v) is 16.0. The number of allylic oxidation sites excluding steroid dienone is 1. The van der Waals surface area contributed by atoms with Crippen molar-refractivity contribution in [1.29, 1.82) is 0 Å². The molecule has 1 atom stereocenters. The molecule has 0 radical (unpaired) electrons. The summed E-state index contributed by atoms with van der Waals surface area (Å²) >= 11 is 5.81. The molecule has 2 aliphatic heterocycles. The molecular formula is C20H20ClN5O2. The maximum Gasteiger partial charge on any atom is 0.254 e. The summed E-state index contributed by atoms with van der Waals surface area (Å²) < 4.78 is 0. The number of carbonyl (C=O) groups is 2. The average Bonchev–Trinajstić information content (AvgIpc) is 3.34. The van der Waals surface area contributed by atoms with Crippen molar-refractivity contribution in [1.82, 2.24) is 14.9 Å². The molecule has 0 saturated carbocycles. The van der Waals surface area contributed by atoms with Gasteiger partial charge in [0.1, 0.15) is 6.29 Å². The number of nitrogens with zero attached hydrogens (tertiary/aromatic N) is 4. The lowest BCUT2D eigenvalue weighted by Gasteiger charge is -2.19. The summed E-state index contributed by atoms with van der Waals surface area (Å²) in [4.78, 5) is 35.7.